The SMILES string of the molecule is CC1CC2(CO)CNCCC2O1. The van der Waals surface area contributed by atoms with Gasteiger partial charge in [-0.15, -0.1) is 0 Å². The van der Waals surface area contributed by atoms with Crippen LogP contribution in [0.15, 0.2) is 0 Å². The molecule has 3 heteroatoms. The Morgan fingerprint density at radius 3 is 3.17 bits per heavy atom. The monoisotopic (exact) mass is 171 g/mol. The molecule has 0 amide bonds. The summed E-state index contributed by atoms with van der Waals surface area (Å²) in [7, 11) is 0. The fourth-order valence-corrected chi connectivity index (χ4v) is 2.53. The number of ether oxygens (including phenoxy) is 1. The molecule has 2 saturated heterocycles. The van der Waals surface area contributed by atoms with Gasteiger partial charge in [0.25, 0.3) is 0 Å². The van der Waals surface area contributed by atoms with Crippen LogP contribution in [-0.2, 0) is 4.74 Å². The van der Waals surface area contributed by atoms with Crippen LogP contribution in [0.2, 0.25) is 0 Å². The quantitative estimate of drug-likeness (QED) is 0.589. The van der Waals surface area contributed by atoms with E-state index < -0.39 is 0 Å². The molecule has 0 aromatic rings. The van der Waals surface area contributed by atoms with Crippen LogP contribution in [0.25, 0.3) is 0 Å². The van der Waals surface area contributed by atoms with Crippen molar-refractivity contribution < 1.29 is 9.84 Å². The first kappa shape index (κ1) is 8.48. The van der Waals surface area contributed by atoms with E-state index in [1.165, 1.54) is 0 Å². The van der Waals surface area contributed by atoms with Gasteiger partial charge >= 0.3 is 0 Å². The first-order valence-corrected chi connectivity index (χ1v) is 4.74. The van der Waals surface area contributed by atoms with Crippen LogP contribution in [0.4, 0.5) is 0 Å². The van der Waals surface area contributed by atoms with E-state index in [1.54, 1.807) is 0 Å². The summed E-state index contributed by atoms with van der Waals surface area (Å²) in [6, 6.07) is 0. The van der Waals surface area contributed by atoms with E-state index in [-0.39, 0.29) is 12.0 Å². The molecule has 0 aromatic carbocycles. The van der Waals surface area contributed by atoms with Gasteiger partial charge in [-0.05, 0) is 26.3 Å². The van der Waals surface area contributed by atoms with Crippen LogP contribution in [0.3, 0.4) is 0 Å². The minimum absolute atomic E-state index is 0.0255. The zero-order valence-corrected chi connectivity index (χ0v) is 7.55. The number of nitrogens with one attached hydrogen (secondary N) is 1. The second-order valence-electron chi connectivity index (χ2n) is 4.13. The van der Waals surface area contributed by atoms with Gasteiger partial charge in [0.1, 0.15) is 0 Å². The molecule has 0 radical (unpaired) electrons. The molecule has 0 bridgehead atoms. The van der Waals surface area contributed by atoms with Crippen molar-refractivity contribution in [2.75, 3.05) is 19.7 Å². The van der Waals surface area contributed by atoms with E-state index in [1.807, 2.05) is 0 Å². The zero-order chi connectivity index (χ0) is 8.60. The molecule has 2 N–H and O–H groups in total. The van der Waals surface area contributed by atoms with Crippen molar-refractivity contribution in [1.82, 2.24) is 5.32 Å². The summed E-state index contributed by atoms with van der Waals surface area (Å²) in [6.07, 6.45) is 2.66. The lowest BCUT2D eigenvalue weighted by Gasteiger charge is -2.36. The highest BCUT2D eigenvalue weighted by atomic mass is 16.5. The van der Waals surface area contributed by atoms with Crippen LogP contribution in [0.1, 0.15) is 19.8 Å². The summed E-state index contributed by atoms with van der Waals surface area (Å²) in [5, 5.41) is 12.7. The number of hydrogen-bond acceptors (Lipinski definition) is 3. The highest BCUT2D eigenvalue weighted by Gasteiger charge is 2.47. The summed E-state index contributed by atoms with van der Waals surface area (Å²) in [6.45, 7) is 4.29. The van der Waals surface area contributed by atoms with Crippen molar-refractivity contribution in [2.45, 2.75) is 32.0 Å². The molecule has 2 aliphatic rings. The molecule has 0 aliphatic carbocycles. The molecular formula is C9H17NO2. The lowest BCUT2D eigenvalue weighted by molar-refractivity contribution is -0.0209. The molecule has 2 aliphatic heterocycles. The highest BCUT2D eigenvalue weighted by molar-refractivity contribution is 4.98. The summed E-state index contributed by atoms with van der Waals surface area (Å²) in [5.74, 6) is 0. The number of piperidine rings is 1. The Balaban J connectivity index is 2.14. The van der Waals surface area contributed by atoms with Crippen molar-refractivity contribution >= 4 is 0 Å². The average molecular weight is 171 g/mol. The lowest BCUT2D eigenvalue weighted by Crippen LogP contribution is -2.49. The maximum Gasteiger partial charge on any atom is 0.0682 e. The van der Waals surface area contributed by atoms with Gasteiger partial charge in [0.15, 0.2) is 0 Å². The maximum absolute atomic E-state index is 9.35. The van der Waals surface area contributed by atoms with Crippen molar-refractivity contribution in [2.24, 2.45) is 5.41 Å². The van der Waals surface area contributed by atoms with Crippen LogP contribution < -0.4 is 5.32 Å². The molecule has 3 unspecified atom stereocenters. The third kappa shape index (κ3) is 1.16. The maximum atomic E-state index is 9.35. The van der Waals surface area contributed by atoms with Gasteiger partial charge in [-0.1, -0.05) is 0 Å². The van der Waals surface area contributed by atoms with Crippen LogP contribution >= 0.6 is 0 Å². The zero-order valence-electron chi connectivity index (χ0n) is 7.55. The van der Waals surface area contributed by atoms with Crippen molar-refractivity contribution in [1.29, 1.82) is 0 Å². The van der Waals surface area contributed by atoms with Gasteiger partial charge < -0.3 is 15.2 Å². The number of fused-ring (bicyclic) bond motifs is 1. The molecule has 2 fully saturated rings. The summed E-state index contributed by atoms with van der Waals surface area (Å²) < 4.78 is 5.76. The predicted octanol–water partition coefficient (Wildman–Crippen LogP) is 0.136. The van der Waals surface area contributed by atoms with Gasteiger partial charge in [-0.3, -0.25) is 0 Å². The van der Waals surface area contributed by atoms with Gasteiger partial charge in [-0.2, -0.15) is 0 Å². The molecule has 0 saturated carbocycles. The van der Waals surface area contributed by atoms with E-state index in [0.717, 1.165) is 25.9 Å². The molecule has 2 heterocycles. The minimum Gasteiger partial charge on any atom is -0.396 e. The average Bonchev–Trinajstić information content (AvgIpc) is 2.41. The Bertz CT molecular complexity index is 174. The Hall–Kier alpha value is -0.120. The van der Waals surface area contributed by atoms with E-state index in [2.05, 4.69) is 12.2 Å². The lowest BCUT2D eigenvalue weighted by atomic mass is 9.77. The molecule has 70 valence electrons. The third-order valence-corrected chi connectivity index (χ3v) is 3.15. The largest absolute Gasteiger partial charge is 0.396 e. The number of aliphatic hydroxyl groups excluding tert-OH is 1. The summed E-state index contributed by atoms with van der Waals surface area (Å²) in [4.78, 5) is 0. The van der Waals surface area contributed by atoms with E-state index in [9.17, 15) is 5.11 Å². The first-order chi connectivity index (χ1) is 5.77. The molecule has 0 aromatic heterocycles. The number of aliphatic hydroxyl groups is 1. The van der Waals surface area contributed by atoms with E-state index in [4.69, 9.17) is 4.74 Å². The minimum atomic E-state index is 0.0255. The topological polar surface area (TPSA) is 41.5 Å². The second-order valence-corrected chi connectivity index (χ2v) is 4.13. The molecule has 3 atom stereocenters. The van der Waals surface area contributed by atoms with Crippen LogP contribution in [0, 0.1) is 5.41 Å². The molecule has 3 nitrogen and oxygen atoms in total. The van der Waals surface area contributed by atoms with Gasteiger partial charge in [0.05, 0.1) is 18.8 Å². The molecular weight excluding hydrogens is 154 g/mol. The van der Waals surface area contributed by atoms with Crippen molar-refractivity contribution in [3.63, 3.8) is 0 Å². The normalized spacial score (nSPS) is 47.5. The number of hydrogen-bond donors (Lipinski definition) is 2. The standard InChI is InChI=1S/C9H17NO2/c1-7-4-9(6-11)5-10-3-2-8(9)12-7/h7-8,10-11H,2-6H2,1H3. The van der Waals surface area contributed by atoms with Crippen LogP contribution in [-0.4, -0.2) is 37.0 Å². The van der Waals surface area contributed by atoms with Crippen LogP contribution in [0.5, 0.6) is 0 Å². The fourth-order valence-electron chi connectivity index (χ4n) is 2.53. The number of rotatable bonds is 1. The van der Waals surface area contributed by atoms with Gasteiger partial charge in [-0.25, -0.2) is 0 Å². The smallest absolute Gasteiger partial charge is 0.0682 e. The second kappa shape index (κ2) is 2.98. The summed E-state index contributed by atoms with van der Waals surface area (Å²) in [5.41, 5.74) is 0.0255. The fraction of sp³-hybridized carbons (Fsp3) is 1.00. The predicted molar refractivity (Wildman–Crippen MR) is 46.0 cm³/mol. The third-order valence-electron chi connectivity index (χ3n) is 3.15. The van der Waals surface area contributed by atoms with E-state index in [0.29, 0.717) is 12.2 Å². The Kier molecular flexibility index (Phi) is 2.10. The van der Waals surface area contributed by atoms with Crippen molar-refractivity contribution in [3.05, 3.63) is 0 Å². The first-order valence-electron chi connectivity index (χ1n) is 4.74. The Morgan fingerprint density at radius 1 is 1.67 bits per heavy atom. The Morgan fingerprint density at radius 2 is 2.50 bits per heavy atom. The molecule has 2 rings (SSSR count). The van der Waals surface area contributed by atoms with E-state index >= 15 is 0 Å². The van der Waals surface area contributed by atoms with Gasteiger partial charge in [0.2, 0.25) is 0 Å². The van der Waals surface area contributed by atoms with Crippen molar-refractivity contribution in [3.8, 4) is 0 Å². The Labute approximate surface area is 73.1 Å². The van der Waals surface area contributed by atoms with Gasteiger partial charge in [0, 0.05) is 12.0 Å². The molecule has 0 spiro atoms. The highest BCUT2D eigenvalue weighted by Crippen LogP contribution is 2.40. The molecule has 12 heavy (non-hydrogen) atoms. The summed E-state index contributed by atoms with van der Waals surface area (Å²) >= 11 is 0.